The predicted molar refractivity (Wildman–Crippen MR) is 96.4 cm³/mol. The maximum atomic E-state index is 13.5. The number of carbonyl (C=O) groups is 2. The van der Waals surface area contributed by atoms with E-state index < -0.39 is 23.7 Å². The summed E-state index contributed by atoms with van der Waals surface area (Å²) in [6.07, 6.45) is 1.64. The SMILES string of the molecule is O=C(O[C@@H](C(=O)N1CCCCC1)c1ccccc1)c1cc(F)c(F)cc1Cl. The van der Waals surface area contributed by atoms with Crippen molar-refractivity contribution in [1.82, 2.24) is 4.90 Å². The van der Waals surface area contributed by atoms with E-state index in [9.17, 15) is 18.4 Å². The van der Waals surface area contributed by atoms with Gasteiger partial charge in [0.05, 0.1) is 10.6 Å². The molecule has 0 bridgehead atoms. The third kappa shape index (κ3) is 4.45. The number of esters is 1. The van der Waals surface area contributed by atoms with Crippen LogP contribution in [0.25, 0.3) is 0 Å². The molecular formula is C20H18ClF2NO3. The molecule has 1 aliphatic heterocycles. The van der Waals surface area contributed by atoms with Gasteiger partial charge in [-0.1, -0.05) is 41.9 Å². The van der Waals surface area contributed by atoms with E-state index in [0.717, 1.165) is 19.3 Å². The Hall–Kier alpha value is -2.47. The van der Waals surface area contributed by atoms with Crippen molar-refractivity contribution in [2.24, 2.45) is 0 Å². The molecule has 142 valence electrons. The van der Waals surface area contributed by atoms with Gasteiger partial charge in [0, 0.05) is 18.7 Å². The average molecular weight is 394 g/mol. The molecule has 0 unspecified atom stereocenters. The van der Waals surface area contributed by atoms with Crippen LogP contribution in [0.2, 0.25) is 5.02 Å². The minimum atomic E-state index is -1.22. The van der Waals surface area contributed by atoms with Crippen molar-refractivity contribution in [3.63, 3.8) is 0 Å². The van der Waals surface area contributed by atoms with E-state index >= 15 is 0 Å². The Morgan fingerprint density at radius 3 is 2.30 bits per heavy atom. The highest BCUT2D eigenvalue weighted by Crippen LogP contribution is 2.27. The molecule has 0 saturated carbocycles. The van der Waals surface area contributed by atoms with Crippen molar-refractivity contribution >= 4 is 23.5 Å². The number of likely N-dealkylation sites (tertiary alicyclic amines) is 1. The molecule has 0 radical (unpaired) electrons. The summed E-state index contributed by atoms with van der Waals surface area (Å²) in [5, 5.41) is -0.281. The second-order valence-electron chi connectivity index (χ2n) is 6.33. The topological polar surface area (TPSA) is 46.6 Å². The lowest BCUT2D eigenvalue weighted by atomic mass is 10.1. The van der Waals surface area contributed by atoms with Gasteiger partial charge < -0.3 is 9.64 Å². The summed E-state index contributed by atoms with van der Waals surface area (Å²) in [5.74, 6) is -3.71. The van der Waals surface area contributed by atoms with Crippen LogP contribution in [-0.2, 0) is 9.53 Å². The van der Waals surface area contributed by atoms with Crippen LogP contribution in [0.5, 0.6) is 0 Å². The number of benzene rings is 2. The van der Waals surface area contributed by atoms with Crippen LogP contribution >= 0.6 is 11.6 Å². The number of nitrogens with zero attached hydrogens (tertiary/aromatic N) is 1. The number of ether oxygens (including phenoxy) is 1. The monoisotopic (exact) mass is 393 g/mol. The van der Waals surface area contributed by atoms with Gasteiger partial charge in [0.2, 0.25) is 6.10 Å². The Labute approximate surface area is 160 Å². The zero-order chi connectivity index (χ0) is 19.4. The smallest absolute Gasteiger partial charge is 0.340 e. The van der Waals surface area contributed by atoms with Gasteiger partial charge in [0.25, 0.3) is 5.91 Å². The first-order valence-electron chi connectivity index (χ1n) is 8.66. The molecule has 0 N–H and O–H groups in total. The second-order valence-corrected chi connectivity index (χ2v) is 6.74. The molecule has 1 saturated heterocycles. The van der Waals surface area contributed by atoms with Gasteiger partial charge in [-0.05, 0) is 31.4 Å². The summed E-state index contributed by atoms with van der Waals surface area (Å²) in [5.41, 5.74) is 0.170. The maximum absolute atomic E-state index is 13.5. The lowest BCUT2D eigenvalue weighted by Crippen LogP contribution is -2.40. The third-order valence-electron chi connectivity index (χ3n) is 4.45. The average Bonchev–Trinajstić information content (AvgIpc) is 2.69. The van der Waals surface area contributed by atoms with Gasteiger partial charge in [0.15, 0.2) is 11.6 Å². The molecule has 4 nitrogen and oxygen atoms in total. The van der Waals surface area contributed by atoms with Gasteiger partial charge in [-0.25, -0.2) is 13.6 Å². The van der Waals surface area contributed by atoms with Crippen molar-refractivity contribution in [3.8, 4) is 0 Å². The van der Waals surface area contributed by atoms with Crippen molar-refractivity contribution in [2.45, 2.75) is 25.4 Å². The standard InChI is InChI=1S/C20H18ClF2NO3/c21-15-12-17(23)16(22)11-14(15)20(26)27-18(13-7-3-1-4-8-13)19(25)24-9-5-2-6-10-24/h1,3-4,7-8,11-12,18H,2,5-6,9-10H2/t18-/m1/s1. The van der Waals surface area contributed by atoms with Crippen molar-refractivity contribution < 1.29 is 23.1 Å². The van der Waals surface area contributed by atoms with E-state index in [0.29, 0.717) is 30.8 Å². The fourth-order valence-corrected chi connectivity index (χ4v) is 3.25. The summed E-state index contributed by atoms with van der Waals surface area (Å²) in [6, 6.07) is 9.96. The normalized spacial score (nSPS) is 15.3. The Kier molecular flexibility index (Phi) is 6.06. The highest BCUT2D eigenvalue weighted by molar-refractivity contribution is 6.33. The minimum Gasteiger partial charge on any atom is -0.444 e. The summed E-state index contributed by atoms with van der Waals surface area (Å²) in [4.78, 5) is 27.1. The van der Waals surface area contributed by atoms with Crippen LogP contribution < -0.4 is 0 Å². The Bertz CT molecular complexity index is 839. The molecule has 1 atom stereocenters. The predicted octanol–water partition coefficient (Wildman–Crippen LogP) is 4.53. The number of hydrogen-bond acceptors (Lipinski definition) is 3. The number of halogens is 3. The fourth-order valence-electron chi connectivity index (χ4n) is 3.02. The molecule has 3 rings (SSSR count). The summed E-state index contributed by atoms with van der Waals surface area (Å²) >= 11 is 5.85. The van der Waals surface area contributed by atoms with Crippen LogP contribution in [-0.4, -0.2) is 29.9 Å². The van der Waals surface area contributed by atoms with E-state index in [-0.39, 0.29) is 16.5 Å². The Balaban J connectivity index is 1.88. The number of hydrogen-bond donors (Lipinski definition) is 0. The quantitative estimate of drug-likeness (QED) is 0.566. The number of rotatable bonds is 4. The zero-order valence-electron chi connectivity index (χ0n) is 14.5. The first kappa shape index (κ1) is 19.3. The highest BCUT2D eigenvalue weighted by atomic mass is 35.5. The zero-order valence-corrected chi connectivity index (χ0v) is 15.2. The lowest BCUT2D eigenvalue weighted by Gasteiger charge is -2.30. The van der Waals surface area contributed by atoms with Crippen LogP contribution in [0, 0.1) is 11.6 Å². The second kappa shape index (κ2) is 8.48. The van der Waals surface area contributed by atoms with E-state index in [2.05, 4.69) is 0 Å². The van der Waals surface area contributed by atoms with Crippen molar-refractivity contribution in [2.75, 3.05) is 13.1 Å². The van der Waals surface area contributed by atoms with Gasteiger partial charge in [0.1, 0.15) is 0 Å². The molecule has 1 fully saturated rings. The van der Waals surface area contributed by atoms with Crippen LogP contribution in [0.3, 0.4) is 0 Å². The summed E-state index contributed by atoms with van der Waals surface area (Å²) in [7, 11) is 0. The molecule has 2 aromatic carbocycles. The van der Waals surface area contributed by atoms with E-state index in [4.69, 9.17) is 16.3 Å². The Morgan fingerprint density at radius 1 is 1.00 bits per heavy atom. The van der Waals surface area contributed by atoms with Gasteiger partial charge in [-0.15, -0.1) is 0 Å². The van der Waals surface area contributed by atoms with Gasteiger partial charge in [-0.3, -0.25) is 4.79 Å². The largest absolute Gasteiger partial charge is 0.444 e. The van der Waals surface area contributed by atoms with Gasteiger partial charge in [-0.2, -0.15) is 0 Å². The number of piperidine rings is 1. The van der Waals surface area contributed by atoms with Crippen molar-refractivity contribution in [1.29, 1.82) is 0 Å². The molecule has 0 aliphatic carbocycles. The molecule has 2 aromatic rings. The van der Waals surface area contributed by atoms with E-state index in [1.54, 1.807) is 35.2 Å². The molecule has 0 aromatic heterocycles. The fraction of sp³-hybridized carbons (Fsp3) is 0.300. The van der Waals surface area contributed by atoms with Crippen LogP contribution in [0.15, 0.2) is 42.5 Å². The lowest BCUT2D eigenvalue weighted by molar-refractivity contribution is -0.142. The number of amides is 1. The summed E-state index contributed by atoms with van der Waals surface area (Å²) in [6.45, 7) is 1.18. The molecular weight excluding hydrogens is 376 g/mol. The summed E-state index contributed by atoms with van der Waals surface area (Å²) < 4.78 is 32.2. The minimum absolute atomic E-state index is 0.281. The first-order chi connectivity index (χ1) is 13.0. The number of carbonyl (C=O) groups excluding carboxylic acids is 2. The van der Waals surface area contributed by atoms with Crippen LogP contribution in [0.1, 0.15) is 41.3 Å². The molecule has 27 heavy (non-hydrogen) atoms. The molecule has 7 heteroatoms. The highest BCUT2D eigenvalue weighted by Gasteiger charge is 2.31. The van der Waals surface area contributed by atoms with Gasteiger partial charge >= 0.3 is 5.97 Å². The molecule has 1 aliphatic rings. The Morgan fingerprint density at radius 2 is 1.63 bits per heavy atom. The van der Waals surface area contributed by atoms with E-state index in [1.165, 1.54) is 0 Å². The third-order valence-corrected chi connectivity index (χ3v) is 4.76. The van der Waals surface area contributed by atoms with Crippen molar-refractivity contribution in [3.05, 3.63) is 70.2 Å². The maximum Gasteiger partial charge on any atom is 0.340 e. The van der Waals surface area contributed by atoms with E-state index in [1.807, 2.05) is 0 Å². The molecule has 1 amide bonds. The first-order valence-corrected chi connectivity index (χ1v) is 9.04. The molecule has 1 heterocycles. The van der Waals surface area contributed by atoms with Crippen LogP contribution in [0.4, 0.5) is 8.78 Å². The molecule has 0 spiro atoms.